The summed E-state index contributed by atoms with van der Waals surface area (Å²) in [6, 6.07) is 12.6. The number of hydrogen-bond donors (Lipinski definition) is 2. The van der Waals surface area contributed by atoms with Crippen molar-refractivity contribution in [2.24, 2.45) is 0 Å². The van der Waals surface area contributed by atoms with Crippen LogP contribution in [0.15, 0.2) is 53.3 Å². The van der Waals surface area contributed by atoms with E-state index in [4.69, 9.17) is 0 Å². The Hall–Kier alpha value is -3.06. The van der Waals surface area contributed by atoms with E-state index in [2.05, 4.69) is 15.3 Å². The predicted octanol–water partition coefficient (Wildman–Crippen LogP) is 2.02. The smallest absolute Gasteiger partial charge is 0.258 e. The van der Waals surface area contributed by atoms with Gasteiger partial charge in [0.2, 0.25) is 5.91 Å². The van der Waals surface area contributed by atoms with Crippen LogP contribution in [0.1, 0.15) is 17.4 Å². The quantitative estimate of drug-likeness (QED) is 0.698. The molecule has 0 saturated carbocycles. The molecule has 1 aromatic heterocycles. The van der Waals surface area contributed by atoms with Crippen LogP contribution in [0.25, 0.3) is 10.9 Å². The number of para-hydroxylation sites is 1. The summed E-state index contributed by atoms with van der Waals surface area (Å²) in [7, 11) is 3.44. The van der Waals surface area contributed by atoms with Crippen molar-refractivity contribution in [3.05, 3.63) is 76.1 Å². The molecule has 0 spiro atoms. The molecule has 27 heavy (non-hydrogen) atoms. The molecule has 3 aromatic rings. The number of aromatic nitrogens is 2. The summed E-state index contributed by atoms with van der Waals surface area (Å²) in [4.78, 5) is 33.5. The molecule has 6 nitrogen and oxygen atoms in total. The maximum absolute atomic E-state index is 14.1. The van der Waals surface area contributed by atoms with Crippen LogP contribution < -0.4 is 10.9 Å². The summed E-state index contributed by atoms with van der Waals surface area (Å²) < 4.78 is 14.1. The lowest BCUT2D eigenvalue weighted by molar-refractivity contribution is -0.125. The average Bonchev–Trinajstić information content (AvgIpc) is 2.63. The lowest BCUT2D eigenvalue weighted by Crippen LogP contribution is -2.38. The van der Waals surface area contributed by atoms with E-state index in [0.29, 0.717) is 28.7 Å². The largest absolute Gasteiger partial charge is 0.354 e. The third-order valence-electron chi connectivity index (χ3n) is 4.29. The number of H-pyrrole nitrogens is 1. The minimum atomic E-state index is -0.741. The van der Waals surface area contributed by atoms with Crippen molar-refractivity contribution in [3.63, 3.8) is 0 Å². The molecule has 3 rings (SSSR count). The number of halogens is 1. The highest BCUT2D eigenvalue weighted by Gasteiger charge is 2.25. The highest BCUT2D eigenvalue weighted by atomic mass is 19.1. The van der Waals surface area contributed by atoms with Crippen LogP contribution in [0, 0.1) is 5.82 Å². The second-order valence-electron chi connectivity index (χ2n) is 6.46. The normalized spacial score (nSPS) is 12.3. The Morgan fingerprint density at radius 3 is 2.63 bits per heavy atom. The number of rotatable bonds is 6. The van der Waals surface area contributed by atoms with Gasteiger partial charge in [-0.25, -0.2) is 9.37 Å². The van der Waals surface area contributed by atoms with Crippen molar-refractivity contribution in [3.8, 4) is 0 Å². The van der Waals surface area contributed by atoms with Gasteiger partial charge in [-0.1, -0.05) is 30.3 Å². The second kappa shape index (κ2) is 8.09. The van der Waals surface area contributed by atoms with Crippen LogP contribution in [-0.4, -0.2) is 41.4 Å². The SMILES string of the molecule is CN(C)[C@H](C(=O)NCCc1nc2ccccc2c(=O)[nH]1)c1ccccc1F. The predicted molar refractivity (Wildman–Crippen MR) is 102 cm³/mol. The molecular weight excluding hydrogens is 347 g/mol. The van der Waals surface area contributed by atoms with Gasteiger partial charge in [-0.05, 0) is 32.3 Å². The van der Waals surface area contributed by atoms with Gasteiger partial charge in [0.15, 0.2) is 0 Å². The minimum Gasteiger partial charge on any atom is -0.354 e. The Bertz CT molecular complexity index is 1020. The molecule has 7 heteroatoms. The lowest BCUT2D eigenvalue weighted by Gasteiger charge is -2.24. The van der Waals surface area contributed by atoms with E-state index >= 15 is 0 Å². The average molecular weight is 368 g/mol. The van der Waals surface area contributed by atoms with Crippen LogP contribution in [0.5, 0.6) is 0 Å². The molecule has 0 aliphatic heterocycles. The molecule has 0 bridgehead atoms. The first-order chi connectivity index (χ1) is 13.0. The zero-order valence-electron chi connectivity index (χ0n) is 15.2. The number of aromatic amines is 1. The Kier molecular flexibility index (Phi) is 5.61. The van der Waals surface area contributed by atoms with Gasteiger partial charge < -0.3 is 10.3 Å². The van der Waals surface area contributed by atoms with Crippen LogP contribution in [0.3, 0.4) is 0 Å². The maximum atomic E-state index is 14.1. The van der Waals surface area contributed by atoms with E-state index in [9.17, 15) is 14.0 Å². The van der Waals surface area contributed by atoms with E-state index in [0.717, 1.165) is 0 Å². The van der Waals surface area contributed by atoms with E-state index in [1.807, 2.05) is 6.07 Å². The number of nitrogens with one attached hydrogen (secondary N) is 2. The van der Waals surface area contributed by atoms with Crippen molar-refractivity contribution in [1.29, 1.82) is 0 Å². The number of carbonyl (C=O) groups excluding carboxylic acids is 1. The third kappa shape index (κ3) is 4.20. The number of nitrogens with zero attached hydrogens (tertiary/aromatic N) is 2. The summed E-state index contributed by atoms with van der Waals surface area (Å²) in [6.45, 7) is 0.277. The number of likely N-dealkylation sites (N-methyl/N-ethyl adjacent to an activating group) is 1. The van der Waals surface area contributed by atoms with Crippen LogP contribution in [-0.2, 0) is 11.2 Å². The van der Waals surface area contributed by atoms with E-state index < -0.39 is 11.9 Å². The van der Waals surface area contributed by atoms with Crippen molar-refractivity contribution < 1.29 is 9.18 Å². The fraction of sp³-hybridized carbons (Fsp3) is 0.250. The van der Waals surface area contributed by atoms with Crippen molar-refractivity contribution in [1.82, 2.24) is 20.2 Å². The summed E-state index contributed by atoms with van der Waals surface area (Å²) in [5, 5.41) is 3.32. The van der Waals surface area contributed by atoms with Gasteiger partial charge in [-0.15, -0.1) is 0 Å². The molecule has 0 radical (unpaired) electrons. The lowest BCUT2D eigenvalue weighted by atomic mass is 10.0. The Morgan fingerprint density at radius 2 is 1.89 bits per heavy atom. The van der Waals surface area contributed by atoms with Gasteiger partial charge in [0.25, 0.3) is 5.56 Å². The fourth-order valence-corrected chi connectivity index (χ4v) is 3.00. The minimum absolute atomic E-state index is 0.209. The topological polar surface area (TPSA) is 78.1 Å². The number of fused-ring (bicyclic) bond motifs is 1. The highest BCUT2D eigenvalue weighted by molar-refractivity contribution is 5.83. The molecule has 1 heterocycles. The van der Waals surface area contributed by atoms with Crippen LogP contribution in [0.4, 0.5) is 4.39 Å². The van der Waals surface area contributed by atoms with Crippen LogP contribution in [0.2, 0.25) is 0 Å². The standard InChI is InChI=1S/C20H21FN4O2/c1-25(2)18(13-7-3-5-9-15(13)21)20(27)22-12-11-17-23-16-10-6-4-8-14(16)19(26)24-17/h3-10,18H,11-12H2,1-2H3,(H,22,27)(H,23,24,26)/t18-/m0/s1. The Balaban J connectivity index is 1.70. The summed E-state index contributed by atoms with van der Waals surface area (Å²) in [5.41, 5.74) is 0.719. The molecule has 1 amide bonds. The fourth-order valence-electron chi connectivity index (χ4n) is 3.00. The molecule has 0 aliphatic rings. The molecule has 2 N–H and O–H groups in total. The zero-order chi connectivity index (χ0) is 19.4. The summed E-state index contributed by atoms with van der Waals surface area (Å²) >= 11 is 0. The Labute approximate surface area is 156 Å². The molecule has 140 valence electrons. The maximum Gasteiger partial charge on any atom is 0.258 e. The monoisotopic (exact) mass is 368 g/mol. The molecule has 0 aliphatic carbocycles. The zero-order valence-corrected chi connectivity index (χ0v) is 15.2. The van der Waals surface area contributed by atoms with Gasteiger partial charge in [-0.3, -0.25) is 14.5 Å². The van der Waals surface area contributed by atoms with Crippen LogP contribution >= 0.6 is 0 Å². The van der Waals surface area contributed by atoms with Crippen molar-refractivity contribution in [2.45, 2.75) is 12.5 Å². The number of amides is 1. The first kappa shape index (κ1) is 18.7. The summed E-state index contributed by atoms with van der Waals surface area (Å²) in [5.74, 6) is -0.244. The van der Waals surface area contributed by atoms with E-state index in [1.54, 1.807) is 55.4 Å². The number of benzene rings is 2. The number of carbonyl (C=O) groups is 1. The number of hydrogen-bond acceptors (Lipinski definition) is 4. The third-order valence-corrected chi connectivity index (χ3v) is 4.29. The van der Waals surface area contributed by atoms with Gasteiger partial charge in [0, 0.05) is 18.5 Å². The first-order valence-corrected chi connectivity index (χ1v) is 8.64. The molecule has 1 atom stereocenters. The van der Waals surface area contributed by atoms with Gasteiger partial charge >= 0.3 is 0 Å². The molecule has 2 aromatic carbocycles. The first-order valence-electron chi connectivity index (χ1n) is 8.64. The van der Waals surface area contributed by atoms with E-state index in [1.165, 1.54) is 6.07 Å². The summed E-state index contributed by atoms with van der Waals surface area (Å²) in [6.07, 6.45) is 0.364. The van der Waals surface area contributed by atoms with Crippen molar-refractivity contribution in [2.75, 3.05) is 20.6 Å². The van der Waals surface area contributed by atoms with Gasteiger partial charge in [0.05, 0.1) is 10.9 Å². The van der Waals surface area contributed by atoms with Gasteiger partial charge in [-0.2, -0.15) is 0 Å². The van der Waals surface area contributed by atoms with Crippen molar-refractivity contribution >= 4 is 16.8 Å². The molecule has 0 unspecified atom stereocenters. The molecule has 0 fully saturated rings. The van der Waals surface area contributed by atoms with Gasteiger partial charge in [0.1, 0.15) is 17.7 Å². The Morgan fingerprint density at radius 1 is 1.19 bits per heavy atom. The molecular formula is C20H21FN4O2. The highest BCUT2D eigenvalue weighted by Crippen LogP contribution is 2.21. The molecule has 0 saturated heterocycles. The van der Waals surface area contributed by atoms with E-state index in [-0.39, 0.29) is 18.0 Å². The second-order valence-corrected chi connectivity index (χ2v) is 6.46.